The van der Waals surface area contributed by atoms with Crippen LogP contribution in [-0.4, -0.2) is 47.6 Å². The molecule has 7 heteroatoms. The Morgan fingerprint density at radius 1 is 1.17 bits per heavy atom. The number of phenols is 1. The summed E-state index contributed by atoms with van der Waals surface area (Å²) in [7, 11) is 1.51. The second-order valence-electron chi connectivity index (χ2n) is 7.59. The monoisotopic (exact) mass is 412 g/mol. The fraction of sp³-hybridized carbons (Fsp3) is 0.391. The van der Waals surface area contributed by atoms with Gasteiger partial charge in [-0.05, 0) is 31.5 Å². The van der Waals surface area contributed by atoms with Gasteiger partial charge >= 0.3 is 0 Å². The summed E-state index contributed by atoms with van der Waals surface area (Å²) in [5.74, 6) is 0.285. The van der Waals surface area contributed by atoms with E-state index in [1.807, 2.05) is 44.2 Å². The number of benzene rings is 2. The van der Waals surface area contributed by atoms with Crippen LogP contribution in [0.25, 0.3) is 0 Å². The zero-order chi connectivity index (χ0) is 21.7. The molecule has 0 spiro atoms. The molecule has 160 valence electrons. The van der Waals surface area contributed by atoms with Crippen LogP contribution in [0.15, 0.2) is 42.5 Å². The topological polar surface area (TPSA) is 88.1 Å². The first-order valence-electron chi connectivity index (χ1n) is 10.1. The molecule has 3 rings (SSSR count). The molecule has 2 N–H and O–H groups in total. The van der Waals surface area contributed by atoms with Crippen LogP contribution in [0.4, 0.5) is 0 Å². The number of hydrogen-bond acceptors (Lipinski definition) is 5. The first-order chi connectivity index (χ1) is 14.4. The summed E-state index contributed by atoms with van der Waals surface area (Å²) < 4.78 is 11.0. The Morgan fingerprint density at radius 3 is 2.57 bits per heavy atom. The van der Waals surface area contributed by atoms with Crippen LogP contribution in [0, 0.1) is 0 Å². The van der Waals surface area contributed by atoms with Crippen LogP contribution in [0.3, 0.4) is 0 Å². The van der Waals surface area contributed by atoms with Crippen LogP contribution >= 0.6 is 0 Å². The van der Waals surface area contributed by atoms with E-state index in [2.05, 4.69) is 5.32 Å². The summed E-state index contributed by atoms with van der Waals surface area (Å²) in [6.45, 7) is 4.16. The minimum atomic E-state index is -0.644. The van der Waals surface area contributed by atoms with Gasteiger partial charge in [-0.2, -0.15) is 0 Å². The van der Waals surface area contributed by atoms with E-state index in [4.69, 9.17) is 9.47 Å². The molecule has 0 unspecified atom stereocenters. The highest BCUT2D eigenvalue weighted by atomic mass is 16.5. The third-order valence-electron chi connectivity index (χ3n) is 4.95. The number of amides is 2. The summed E-state index contributed by atoms with van der Waals surface area (Å²) >= 11 is 0. The fourth-order valence-corrected chi connectivity index (χ4v) is 3.48. The standard InChI is InChI=1S/C23H28N2O5/c1-15(2)30-22-19(29-3)10-9-17(21(22)27)14-25-12-11-20(26)24-18(23(25)28)13-16-7-5-4-6-8-16/h4-10,15,18,27H,11-14H2,1-3H3,(H,24,26)/t18-/m0/s1. The van der Waals surface area contributed by atoms with Gasteiger partial charge in [0.15, 0.2) is 11.5 Å². The Labute approximate surface area is 176 Å². The largest absolute Gasteiger partial charge is 0.504 e. The van der Waals surface area contributed by atoms with Crippen molar-refractivity contribution in [2.75, 3.05) is 13.7 Å². The van der Waals surface area contributed by atoms with Gasteiger partial charge in [0.05, 0.1) is 13.2 Å². The normalized spacial score (nSPS) is 16.9. The highest BCUT2D eigenvalue weighted by molar-refractivity contribution is 5.90. The van der Waals surface area contributed by atoms with Gasteiger partial charge in [0.25, 0.3) is 0 Å². The Hall–Kier alpha value is -3.22. The Bertz CT molecular complexity index is 898. The van der Waals surface area contributed by atoms with Gasteiger partial charge in [-0.25, -0.2) is 0 Å². The van der Waals surface area contributed by atoms with E-state index < -0.39 is 6.04 Å². The second-order valence-corrected chi connectivity index (χ2v) is 7.59. The van der Waals surface area contributed by atoms with Crippen molar-refractivity contribution in [2.24, 2.45) is 0 Å². The lowest BCUT2D eigenvalue weighted by Gasteiger charge is -2.25. The quantitative estimate of drug-likeness (QED) is 0.730. The van der Waals surface area contributed by atoms with Crippen molar-refractivity contribution < 1.29 is 24.2 Å². The maximum atomic E-state index is 13.2. The van der Waals surface area contributed by atoms with Gasteiger partial charge in [-0.3, -0.25) is 9.59 Å². The predicted molar refractivity (Wildman–Crippen MR) is 113 cm³/mol. The third kappa shape index (κ3) is 5.03. The van der Waals surface area contributed by atoms with Crippen LogP contribution < -0.4 is 14.8 Å². The number of rotatable bonds is 7. The lowest BCUT2D eigenvalue weighted by Crippen LogP contribution is -2.45. The van der Waals surface area contributed by atoms with Crippen LogP contribution in [-0.2, 0) is 22.6 Å². The first-order valence-corrected chi connectivity index (χ1v) is 10.1. The van der Waals surface area contributed by atoms with Gasteiger partial charge in [0, 0.05) is 31.5 Å². The summed E-state index contributed by atoms with van der Waals surface area (Å²) in [5, 5.41) is 13.6. The number of hydrogen-bond donors (Lipinski definition) is 2. The van der Waals surface area contributed by atoms with Crippen LogP contribution in [0.2, 0.25) is 0 Å². The van der Waals surface area contributed by atoms with Crippen molar-refractivity contribution in [3.05, 3.63) is 53.6 Å². The number of ether oxygens (including phenoxy) is 2. The van der Waals surface area contributed by atoms with Gasteiger partial charge in [0.1, 0.15) is 6.04 Å². The van der Waals surface area contributed by atoms with Crippen molar-refractivity contribution in [3.63, 3.8) is 0 Å². The summed E-state index contributed by atoms with van der Waals surface area (Å²) in [6, 6.07) is 12.4. The molecule has 2 aromatic carbocycles. The molecule has 2 aromatic rings. The molecular weight excluding hydrogens is 384 g/mol. The minimum Gasteiger partial charge on any atom is -0.504 e. The number of methoxy groups -OCH3 is 1. The first kappa shape index (κ1) is 21.5. The molecule has 0 aliphatic carbocycles. The molecule has 1 heterocycles. The molecule has 0 bridgehead atoms. The van der Waals surface area contributed by atoms with Crippen LogP contribution in [0.5, 0.6) is 17.2 Å². The molecule has 2 amide bonds. The van der Waals surface area contributed by atoms with E-state index in [9.17, 15) is 14.7 Å². The van der Waals surface area contributed by atoms with E-state index >= 15 is 0 Å². The Balaban J connectivity index is 1.84. The number of phenolic OH excluding ortho intramolecular Hbond substituents is 1. The molecule has 0 saturated carbocycles. The number of carbonyl (C=O) groups is 2. The van der Waals surface area contributed by atoms with Gasteiger partial charge in [-0.1, -0.05) is 30.3 Å². The van der Waals surface area contributed by atoms with Gasteiger partial charge < -0.3 is 24.8 Å². The van der Waals surface area contributed by atoms with Crippen LogP contribution in [0.1, 0.15) is 31.4 Å². The number of carbonyl (C=O) groups excluding carboxylic acids is 2. The minimum absolute atomic E-state index is 0.0565. The van der Waals surface area contributed by atoms with Gasteiger partial charge in [0.2, 0.25) is 17.6 Å². The molecular formula is C23H28N2O5. The molecule has 1 saturated heterocycles. The molecule has 0 radical (unpaired) electrons. The molecule has 1 aliphatic rings. The summed E-state index contributed by atoms with van der Waals surface area (Å²) in [4.78, 5) is 27.0. The number of nitrogens with zero attached hydrogens (tertiary/aromatic N) is 1. The van der Waals surface area contributed by atoms with Gasteiger partial charge in [-0.15, -0.1) is 0 Å². The van der Waals surface area contributed by atoms with E-state index in [0.29, 0.717) is 17.7 Å². The molecule has 1 fully saturated rings. The number of aromatic hydroxyl groups is 1. The number of nitrogens with one attached hydrogen (secondary N) is 1. The maximum absolute atomic E-state index is 13.2. The lowest BCUT2D eigenvalue weighted by molar-refractivity contribution is -0.134. The maximum Gasteiger partial charge on any atom is 0.245 e. The van der Waals surface area contributed by atoms with E-state index in [0.717, 1.165) is 5.56 Å². The molecule has 30 heavy (non-hydrogen) atoms. The fourth-order valence-electron chi connectivity index (χ4n) is 3.48. The average Bonchev–Trinajstić information content (AvgIpc) is 2.85. The highest BCUT2D eigenvalue weighted by Crippen LogP contribution is 2.40. The van der Waals surface area contributed by atoms with E-state index in [-0.39, 0.29) is 48.9 Å². The second kappa shape index (κ2) is 9.52. The van der Waals surface area contributed by atoms with Crippen molar-refractivity contribution in [1.29, 1.82) is 0 Å². The van der Waals surface area contributed by atoms with E-state index in [1.54, 1.807) is 17.0 Å². The summed E-state index contributed by atoms with van der Waals surface area (Å²) in [6.07, 6.45) is 0.471. The van der Waals surface area contributed by atoms with Crippen molar-refractivity contribution >= 4 is 11.8 Å². The van der Waals surface area contributed by atoms with Crippen molar-refractivity contribution in [1.82, 2.24) is 10.2 Å². The predicted octanol–water partition coefficient (Wildman–Crippen LogP) is 2.65. The van der Waals surface area contributed by atoms with E-state index in [1.165, 1.54) is 7.11 Å². The zero-order valence-corrected chi connectivity index (χ0v) is 17.6. The smallest absolute Gasteiger partial charge is 0.245 e. The van der Waals surface area contributed by atoms with Crippen molar-refractivity contribution in [2.45, 2.75) is 45.4 Å². The molecule has 1 aliphatic heterocycles. The Morgan fingerprint density at radius 2 is 1.90 bits per heavy atom. The zero-order valence-electron chi connectivity index (χ0n) is 17.6. The molecule has 1 atom stereocenters. The molecule has 7 nitrogen and oxygen atoms in total. The summed E-state index contributed by atoms with van der Waals surface area (Å²) in [5.41, 5.74) is 1.51. The third-order valence-corrected chi connectivity index (χ3v) is 4.95. The SMILES string of the molecule is COc1ccc(CN2CCC(=O)N[C@@H](Cc3ccccc3)C2=O)c(O)c1OC(C)C. The Kier molecular flexibility index (Phi) is 6.82. The molecule has 0 aromatic heterocycles. The highest BCUT2D eigenvalue weighted by Gasteiger charge is 2.31. The average molecular weight is 412 g/mol. The van der Waals surface area contributed by atoms with Crippen molar-refractivity contribution in [3.8, 4) is 17.2 Å². The lowest BCUT2D eigenvalue weighted by atomic mass is 10.0.